The van der Waals surface area contributed by atoms with Crippen LogP contribution in [-0.2, 0) is 31.0 Å². The second-order valence-electron chi connectivity index (χ2n) is 10.1. The van der Waals surface area contributed by atoms with Gasteiger partial charge in [0.2, 0.25) is 27.7 Å². The summed E-state index contributed by atoms with van der Waals surface area (Å²) in [6, 6.07) is 16.7. The summed E-state index contributed by atoms with van der Waals surface area (Å²) < 4.78 is 29.6. The highest BCUT2D eigenvalue weighted by Gasteiger charge is 2.57. The Morgan fingerprint density at radius 3 is 2.33 bits per heavy atom. The SMILES string of the molecule is COc1ccc(N2C(=O)C3Sc4c(sc(=O)n4CC(=O)Nc4ccc(S(N)(=O)=O)cc4)C(c4cccc(Cl)c4Cl)C3C2=O)cc1. The van der Waals surface area contributed by atoms with E-state index in [1.807, 2.05) is 0 Å². The number of methoxy groups -OCH3 is 1. The number of carbonyl (C=O) groups is 3. The standard InChI is InChI=1S/C29H22Cl2N4O7S3/c1-42-16-9-7-15(8-10-16)35-26(37)22-21(18-3-2-4-19(30)23(18)31)25-28(43-24(22)27(35)38)34(29(39)44-25)13-20(36)33-14-5-11-17(12-6-14)45(32,40)41/h2-12,21-22,24H,13H2,1H3,(H,33,36)(H2,32,40,41). The van der Waals surface area contributed by atoms with Gasteiger partial charge in [-0.1, -0.05) is 58.4 Å². The normalized spacial score (nSPS) is 19.3. The van der Waals surface area contributed by atoms with Crippen molar-refractivity contribution in [2.45, 2.75) is 27.6 Å². The first-order valence-corrected chi connectivity index (χ1v) is 17.2. The summed E-state index contributed by atoms with van der Waals surface area (Å²) in [5.74, 6) is -2.66. The molecule has 1 aromatic heterocycles. The Morgan fingerprint density at radius 1 is 1.00 bits per heavy atom. The number of fused-ring (bicyclic) bond motifs is 2. The number of sulfonamides is 1. The van der Waals surface area contributed by atoms with Gasteiger partial charge in [0.15, 0.2) is 0 Å². The smallest absolute Gasteiger partial charge is 0.308 e. The molecule has 0 radical (unpaired) electrons. The summed E-state index contributed by atoms with van der Waals surface area (Å²) in [5, 5.41) is 7.64. The van der Waals surface area contributed by atoms with Gasteiger partial charge in [-0.2, -0.15) is 0 Å². The summed E-state index contributed by atoms with van der Waals surface area (Å²) in [7, 11) is -2.41. The Morgan fingerprint density at radius 2 is 1.69 bits per heavy atom. The molecular formula is C29H22Cl2N4O7S3. The van der Waals surface area contributed by atoms with E-state index >= 15 is 0 Å². The van der Waals surface area contributed by atoms with Gasteiger partial charge in [0.1, 0.15) is 17.5 Å². The summed E-state index contributed by atoms with van der Waals surface area (Å²) >= 11 is 15.0. The van der Waals surface area contributed by atoms with E-state index in [0.29, 0.717) is 26.9 Å². The summed E-state index contributed by atoms with van der Waals surface area (Å²) in [4.78, 5) is 55.4. The molecule has 3 unspecified atom stereocenters. The number of thiazole rings is 1. The third kappa shape index (κ3) is 5.66. The molecule has 1 fully saturated rings. The fourth-order valence-electron chi connectivity index (χ4n) is 5.41. The molecule has 3 atom stereocenters. The van der Waals surface area contributed by atoms with Crippen LogP contribution >= 0.6 is 46.3 Å². The van der Waals surface area contributed by atoms with Gasteiger partial charge in [-0.15, -0.1) is 0 Å². The van der Waals surface area contributed by atoms with Crippen LogP contribution in [0.15, 0.2) is 81.4 Å². The van der Waals surface area contributed by atoms with Gasteiger partial charge in [0.25, 0.3) is 0 Å². The van der Waals surface area contributed by atoms with E-state index in [4.69, 9.17) is 33.1 Å². The molecule has 0 bridgehead atoms. The number of imide groups is 1. The molecule has 1 saturated heterocycles. The van der Waals surface area contributed by atoms with Crippen molar-refractivity contribution < 1.29 is 27.5 Å². The molecule has 0 aliphatic carbocycles. The number of hydrogen-bond donors (Lipinski definition) is 2. The van der Waals surface area contributed by atoms with E-state index in [1.54, 1.807) is 42.5 Å². The van der Waals surface area contributed by atoms with Crippen molar-refractivity contribution >= 4 is 85.4 Å². The summed E-state index contributed by atoms with van der Waals surface area (Å²) in [6.45, 7) is -0.410. The molecule has 16 heteroatoms. The third-order valence-corrected chi connectivity index (χ3v) is 11.8. The van der Waals surface area contributed by atoms with Crippen molar-refractivity contribution in [3.8, 4) is 5.75 Å². The van der Waals surface area contributed by atoms with Gasteiger partial charge < -0.3 is 10.1 Å². The number of hydrogen-bond acceptors (Lipinski definition) is 9. The molecule has 2 aliphatic heterocycles. The molecule has 6 rings (SSSR count). The summed E-state index contributed by atoms with van der Waals surface area (Å²) in [6.07, 6.45) is 0. The number of nitrogens with zero attached hydrogens (tertiary/aromatic N) is 2. The van der Waals surface area contributed by atoms with Crippen LogP contribution in [0.1, 0.15) is 16.4 Å². The van der Waals surface area contributed by atoms with Crippen molar-refractivity contribution in [2.75, 3.05) is 17.3 Å². The molecule has 3 amide bonds. The van der Waals surface area contributed by atoms with Crippen molar-refractivity contribution in [3.05, 3.63) is 96.9 Å². The predicted molar refractivity (Wildman–Crippen MR) is 172 cm³/mol. The first-order chi connectivity index (χ1) is 21.4. The van der Waals surface area contributed by atoms with Crippen LogP contribution in [0.3, 0.4) is 0 Å². The largest absolute Gasteiger partial charge is 0.497 e. The van der Waals surface area contributed by atoms with E-state index in [9.17, 15) is 27.6 Å². The van der Waals surface area contributed by atoms with Crippen LogP contribution in [0.5, 0.6) is 5.75 Å². The molecular weight excluding hydrogens is 683 g/mol. The maximum Gasteiger partial charge on any atom is 0.308 e. The van der Waals surface area contributed by atoms with Crippen LogP contribution in [-0.4, -0.2) is 43.1 Å². The number of ether oxygens (including phenoxy) is 1. The van der Waals surface area contributed by atoms with Gasteiger partial charge in [0, 0.05) is 16.5 Å². The Labute approximate surface area is 274 Å². The van der Waals surface area contributed by atoms with E-state index in [0.717, 1.165) is 28.0 Å². The average molecular weight is 706 g/mol. The minimum absolute atomic E-state index is 0.125. The van der Waals surface area contributed by atoms with E-state index in [1.165, 1.54) is 35.9 Å². The molecule has 11 nitrogen and oxygen atoms in total. The molecule has 2 aliphatic rings. The minimum Gasteiger partial charge on any atom is -0.497 e. The van der Waals surface area contributed by atoms with Gasteiger partial charge in [-0.05, 0) is 60.2 Å². The fraction of sp³-hybridized carbons (Fsp3) is 0.172. The fourth-order valence-corrected chi connectivity index (χ4v) is 9.11. The zero-order chi connectivity index (χ0) is 32.2. The number of amides is 3. The topological polar surface area (TPSA) is 158 Å². The Kier molecular flexibility index (Phi) is 8.31. The zero-order valence-electron chi connectivity index (χ0n) is 23.1. The first-order valence-electron chi connectivity index (χ1n) is 13.2. The van der Waals surface area contributed by atoms with Crippen molar-refractivity contribution in [2.24, 2.45) is 11.1 Å². The van der Waals surface area contributed by atoms with Crippen LogP contribution in [0, 0.1) is 5.92 Å². The van der Waals surface area contributed by atoms with Crippen LogP contribution < -0.4 is 25.0 Å². The number of halogens is 2. The highest BCUT2D eigenvalue weighted by molar-refractivity contribution is 8.00. The molecule has 0 spiro atoms. The van der Waals surface area contributed by atoms with Crippen molar-refractivity contribution in [3.63, 3.8) is 0 Å². The first kappa shape index (κ1) is 31.3. The van der Waals surface area contributed by atoms with Gasteiger partial charge >= 0.3 is 4.87 Å². The number of nitrogens with two attached hydrogens (primary N) is 1. The Balaban J connectivity index is 1.38. The molecule has 0 saturated carbocycles. The minimum atomic E-state index is -3.92. The molecule has 232 valence electrons. The van der Waals surface area contributed by atoms with Gasteiger partial charge in [-0.3, -0.25) is 23.7 Å². The Hall–Kier alpha value is -3.66. The van der Waals surface area contributed by atoms with Crippen LogP contribution in [0.25, 0.3) is 0 Å². The van der Waals surface area contributed by atoms with Crippen molar-refractivity contribution in [1.29, 1.82) is 0 Å². The number of rotatable bonds is 7. The number of aromatic nitrogens is 1. The van der Waals surface area contributed by atoms with E-state index in [2.05, 4.69) is 5.32 Å². The number of nitrogens with one attached hydrogen (secondary N) is 1. The van der Waals surface area contributed by atoms with Crippen LogP contribution in [0.4, 0.5) is 11.4 Å². The van der Waals surface area contributed by atoms with Gasteiger partial charge in [-0.25, -0.2) is 18.5 Å². The third-order valence-electron chi connectivity index (χ3n) is 7.46. The van der Waals surface area contributed by atoms with E-state index in [-0.39, 0.29) is 20.6 Å². The molecule has 4 aromatic rings. The highest BCUT2D eigenvalue weighted by Crippen LogP contribution is 2.55. The zero-order valence-corrected chi connectivity index (χ0v) is 27.1. The second kappa shape index (κ2) is 11.9. The lowest BCUT2D eigenvalue weighted by atomic mass is 9.83. The molecule has 3 heterocycles. The van der Waals surface area contributed by atoms with Gasteiger partial charge in [0.05, 0.1) is 38.7 Å². The molecule has 3 N–H and O–H groups in total. The monoisotopic (exact) mass is 704 g/mol. The number of thioether (sulfide) groups is 1. The van der Waals surface area contributed by atoms with Crippen molar-refractivity contribution in [1.82, 2.24) is 4.57 Å². The maximum absolute atomic E-state index is 14.0. The van der Waals surface area contributed by atoms with Crippen LogP contribution in [0.2, 0.25) is 10.0 Å². The maximum atomic E-state index is 14.0. The Bertz CT molecular complexity index is 2030. The highest BCUT2D eigenvalue weighted by atomic mass is 35.5. The lowest BCUT2D eigenvalue weighted by Crippen LogP contribution is -2.33. The molecule has 3 aromatic carbocycles. The lowest BCUT2D eigenvalue weighted by molar-refractivity contribution is -0.122. The lowest BCUT2D eigenvalue weighted by Gasteiger charge is -2.31. The predicted octanol–water partition coefficient (Wildman–Crippen LogP) is 4.31. The number of primary sulfonamides is 1. The number of carbonyl (C=O) groups excluding carboxylic acids is 3. The number of benzene rings is 3. The summed E-state index contributed by atoms with van der Waals surface area (Å²) in [5.41, 5.74) is 1.13. The second-order valence-corrected chi connectivity index (χ2v) is 14.6. The quantitative estimate of drug-likeness (QED) is 0.270. The van der Waals surface area contributed by atoms with E-state index < -0.39 is 56.2 Å². The average Bonchev–Trinajstić information content (AvgIpc) is 3.44. The number of anilines is 2. The molecule has 45 heavy (non-hydrogen) atoms.